The first-order valence-corrected chi connectivity index (χ1v) is 13.1. The molecule has 0 aliphatic rings. The number of rotatable bonds is 9. The van der Waals surface area contributed by atoms with Crippen LogP contribution in [0.25, 0.3) is 6.08 Å². The number of nitrogens with zero attached hydrogens (tertiary/aromatic N) is 1. The van der Waals surface area contributed by atoms with E-state index in [1.54, 1.807) is 54.6 Å². The van der Waals surface area contributed by atoms with Crippen molar-refractivity contribution in [2.75, 3.05) is 5.32 Å². The minimum absolute atomic E-state index is 0.129. The van der Waals surface area contributed by atoms with Gasteiger partial charge < -0.3 is 14.8 Å². The van der Waals surface area contributed by atoms with E-state index in [-0.39, 0.29) is 28.0 Å². The summed E-state index contributed by atoms with van der Waals surface area (Å²) in [4.78, 5) is 12.7. The lowest BCUT2D eigenvalue weighted by molar-refractivity contribution is -0.112. The zero-order valence-electron chi connectivity index (χ0n) is 20.3. The third kappa shape index (κ3) is 7.92. The van der Waals surface area contributed by atoms with E-state index in [1.165, 1.54) is 6.08 Å². The number of ether oxygens (including phenoxy) is 2. The van der Waals surface area contributed by atoms with Crippen molar-refractivity contribution in [1.29, 1.82) is 5.26 Å². The van der Waals surface area contributed by atoms with Crippen LogP contribution in [0.2, 0.25) is 20.1 Å². The highest BCUT2D eigenvalue weighted by Crippen LogP contribution is 2.36. The van der Waals surface area contributed by atoms with Gasteiger partial charge in [0.2, 0.25) is 0 Å². The minimum Gasteiger partial charge on any atom is -0.489 e. The van der Waals surface area contributed by atoms with Crippen LogP contribution < -0.4 is 14.8 Å². The van der Waals surface area contributed by atoms with E-state index in [9.17, 15) is 10.1 Å². The molecular formula is C30H20Cl4N2O3. The highest BCUT2D eigenvalue weighted by atomic mass is 35.5. The van der Waals surface area contributed by atoms with Crippen molar-refractivity contribution in [1.82, 2.24) is 0 Å². The van der Waals surface area contributed by atoms with Gasteiger partial charge in [-0.15, -0.1) is 0 Å². The molecule has 4 rings (SSSR count). The number of hydrogen-bond donors (Lipinski definition) is 1. The topological polar surface area (TPSA) is 71.3 Å². The normalized spacial score (nSPS) is 11.0. The number of nitrogens with one attached hydrogen (secondary N) is 1. The number of carbonyl (C=O) groups excluding carboxylic acids is 1. The Labute approximate surface area is 246 Å². The van der Waals surface area contributed by atoms with Gasteiger partial charge in [-0.1, -0.05) is 82.8 Å². The Hall–Kier alpha value is -3.66. The second kappa shape index (κ2) is 13.4. The van der Waals surface area contributed by atoms with Gasteiger partial charge in [0.15, 0.2) is 5.75 Å². The van der Waals surface area contributed by atoms with Gasteiger partial charge in [-0.2, -0.15) is 5.26 Å². The van der Waals surface area contributed by atoms with Crippen molar-refractivity contribution in [2.45, 2.75) is 13.2 Å². The highest BCUT2D eigenvalue weighted by molar-refractivity contribution is 6.42. The molecule has 0 saturated carbocycles. The van der Waals surface area contributed by atoms with E-state index in [0.29, 0.717) is 33.7 Å². The van der Waals surface area contributed by atoms with Crippen molar-refractivity contribution in [2.24, 2.45) is 0 Å². The molecule has 0 unspecified atom stereocenters. The second-order valence-electron chi connectivity index (χ2n) is 8.27. The van der Waals surface area contributed by atoms with Crippen LogP contribution in [0.5, 0.6) is 11.5 Å². The Balaban J connectivity index is 1.39. The third-order valence-corrected chi connectivity index (χ3v) is 6.72. The first kappa shape index (κ1) is 28.4. The zero-order valence-corrected chi connectivity index (χ0v) is 23.3. The predicted octanol–water partition coefficient (Wildman–Crippen LogP) is 9.00. The highest BCUT2D eigenvalue weighted by Gasteiger charge is 2.14. The largest absolute Gasteiger partial charge is 0.489 e. The van der Waals surface area contributed by atoms with Crippen LogP contribution in [-0.4, -0.2) is 5.91 Å². The Kier molecular flexibility index (Phi) is 9.75. The zero-order chi connectivity index (χ0) is 27.8. The molecule has 0 fully saturated rings. The van der Waals surface area contributed by atoms with Gasteiger partial charge in [0, 0.05) is 5.69 Å². The smallest absolute Gasteiger partial charge is 0.266 e. The monoisotopic (exact) mass is 596 g/mol. The predicted molar refractivity (Wildman–Crippen MR) is 157 cm³/mol. The van der Waals surface area contributed by atoms with E-state index < -0.39 is 5.91 Å². The quantitative estimate of drug-likeness (QED) is 0.154. The summed E-state index contributed by atoms with van der Waals surface area (Å²) in [5, 5.41) is 13.6. The first-order chi connectivity index (χ1) is 18.8. The fraction of sp³-hybridized carbons (Fsp3) is 0.0667. The Morgan fingerprint density at radius 2 is 1.44 bits per heavy atom. The van der Waals surface area contributed by atoms with E-state index in [4.69, 9.17) is 55.9 Å². The molecule has 4 aromatic rings. The molecule has 0 heterocycles. The molecule has 0 saturated heterocycles. The number of hydrogen-bond acceptors (Lipinski definition) is 4. The van der Waals surface area contributed by atoms with Crippen LogP contribution in [0.15, 0.2) is 90.5 Å². The van der Waals surface area contributed by atoms with Gasteiger partial charge in [0.25, 0.3) is 5.91 Å². The average molecular weight is 598 g/mol. The lowest BCUT2D eigenvalue weighted by atomic mass is 10.1. The van der Waals surface area contributed by atoms with Crippen molar-refractivity contribution >= 4 is 64.1 Å². The molecule has 39 heavy (non-hydrogen) atoms. The summed E-state index contributed by atoms with van der Waals surface area (Å²) < 4.78 is 11.5. The van der Waals surface area contributed by atoms with Crippen molar-refractivity contribution in [3.8, 4) is 17.6 Å². The molecule has 0 atom stereocenters. The number of halogens is 4. The maximum absolute atomic E-state index is 12.7. The summed E-state index contributed by atoms with van der Waals surface area (Å²) in [6, 6.07) is 26.8. The first-order valence-electron chi connectivity index (χ1n) is 11.6. The summed E-state index contributed by atoms with van der Waals surface area (Å²) in [6.07, 6.45) is 1.40. The maximum atomic E-state index is 12.7. The average Bonchev–Trinajstić information content (AvgIpc) is 2.93. The van der Waals surface area contributed by atoms with Crippen LogP contribution >= 0.6 is 46.4 Å². The van der Waals surface area contributed by atoms with Crippen molar-refractivity contribution in [3.05, 3.63) is 127 Å². The summed E-state index contributed by atoms with van der Waals surface area (Å²) in [5.41, 5.74) is 2.67. The molecule has 1 amide bonds. The molecule has 0 spiro atoms. The van der Waals surface area contributed by atoms with E-state index in [0.717, 1.165) is 11.1 Å². The van der Waals surface area contributed by atoms with Crippen molar-refractivity contribution in [3.63, 3.8) is 0 Å². The standard InChI is InChI=1S/C30H20Cl4N2O3/c31-25-11-6-20(13-26(25)32)18-39-29-27(33)14-21(15-28(29)34)12-22(16-35)30(37)36-23-7-9-24(10-8-23)38-17-19-4-2-1-3-5-19/h1-15H,17-18H2,(H,36,37)/b22-12+. The van der Waals surface area contributed by atoms with Gasteiger partial charge in [0.1, 0.15) is 30.6 Å². The number of benzene rings is 4. The number of nitriles is 1. The number of anilines is 1. The Morgan fingerprint density at radius 3 is 2.08 bits per heavy atom. The molecule has 0 bridgehead atoms. The molecule has 9 heteroatoms. The Bertz CT molecular complexity index is 1530. The van der Waals surface area contributed by atoms with Gasteiger partial charge in [-0.25, -0.2) is 0 Å². The van der Waals surface area contributed by atoms with E-state index >= 15 is 0 Å². The number of amides is 1. The SMILES string of the molecule is N#C/C(=C\c1cc(Cl)c(OCc2ccc(Cl)c(Cl)c2)c(Cl)c1)C(=O)Nc1ccc(OCc2ccccc2)cc1. The lowest BCUT2D eigenvalue weighted by Gasteiger charge is -2.12. The maximum Gasteiger partial charge on any atom is 0.266 e. The van der Waals surface area contributed by atoms with Crippen molar-refractivity contribution < 1.29 is 14.3 Å². The van der Waals surface area contributed by atoms with Gasteiger partial charge >= 0.3 is 0 Å². The summed E-state index contributed by atoms with van der Waals surface area (Å²) in [5.74, 6) is 0.334. The molecule has 0 aliphatic carbocycles. The molecular weight excluding hydrogens is 578 g/mol. The molecule has 0 aromatic heterocycles. The van der Waals surface area contributed by atoms with Crippen LogP contribution in [-0.2, 0) is 18.0 Å². The molecule has 0 radical (unpaired) electrons. The van der Waals surface area contributed by atoms with E-state index in [1.807, 2.05) is 36.4 Å². The minimum atomic E-state index is -0.581. The van der Waals surface area contributed by atoms with Crippen LogP contribution in [0.1, 0.15) is 16.7 Å². The lowest BCUT2D eigenvalue weighted by Crippen LogP contribution is -2.13. The van der Waals surface area contributed by atoms with Crippen LogP contribution in [0.3, 0.4) is 0 Å². The fourth-order valence-electron chi connectivity index (χ4n) is 3.47. The van der Waals surface area contributed by atoms with Crippen LogP contribution in [0, 0.1) is 11.3 Å². The molecule has 196 valence electrons. The summed E-state index contributed by atoms with van der Waals surface area (Å²) in [7, 11) is 0. The van der Waals surface area contributed by atoms with Gasteiger partial charge in [-0.3, -0.25) is 4.79 Å². The third-order valence-electron chi connectivity index (χ3n) is 5.42. The second-order valence-corrected chi connectivity index (χ2v) is 9.90. The van der Waals surface area contributed by atoms with Crippen LogP contribution in [0.4, 0.5) is 5.69 Å². The van der Waals surface area contributed by atoms with Gasteiger partial charge in [-0.05, 0) is 71.3 Å². The summed E-state index contributed by atoms with van der Waals surface area (Å²) >= 11 is 24.8. The molecule has 5 nitrogen and oxygen atoms in total. The Morgan fingerprint density at radius 1 is 0.769 bits per heavy atom. The molecule has 4 aromatic carbocycles. The van der Waals surface area contributed by atoms with E-state index in [2.05, 4.69) is 5.32 Å². The molecule has 0 aliphatic heterocycles. The van der Waals surface area contributed by atoms with Gasteiger partial charge in [0.05, 0.1) is 20.1 Å². The summed E-state index contributed by atoms with van der Waals surface area (Å²) in [6.45, 7) is 0.589. The fourth-order valence-corrected chi connectivity index (χ4v) is 4.41. The molecule has 1 N–H and O–H groups in total. The number of carbonyl (C=O) groups is 1.